The Morgan fingerprint density at radius 2 is 2.30 bits per heavy atom. The summed E-state index contributed by atoms with van der Waals surface area (Å²) in [7, 11) is 0. The lowest BCUT2D eigenvalue weighted by Crippen LogP contribution is -2.33. The molecule has 1 aromatic carbocycles. The van der Waals surface area contributed by atoms with Gasteiger partial charge in [-0.25, -0.2) is 0 Å². The van der Waals surface area contributed by atoms with Gasteiger partial charge in [-0.2, -0.15) is 0 Å². The van der Waals surface area contributed by atoms with Crippen LogP contribution in [0.15, 0.2) is 18.2 Å². The summed E-state index contributed by atoms with van der Waals surface area (Å²) < 4.78 is 0. The molecule has 1 aliphatic heterocycles. The highest BCUT2D eigenvalue weighted by Crippen LogP contribution is 2.18. The van der Waals surface area contributed by atoms with Crippen LogP contribution in [0, 0.1) is 12.8 Å². The molecular weight excluding hydrogens is 276 g/mol. The van der Waals surface area contributed by atoms with E-state index in [0.717, 1.165) is 25.1 Å². The highest BCUT2D eigenvalue weighted by atomic mass is 35.5. The molecule has 3 N–H and O–H groups in total. The Balaban J connectivity index is 0.00000200. The summed E-state index contributed by atoms with van der Waals surface area (Å²) in [5, 5.41) is 15.9. The molecule has 1 heterocycles. The van der Waals surface area contributed by atoms with Gasteiger partial charge in [0.05, 0.1) is 5.56 Å². The molecule has 1 atom stereocenters. The number of aromatic hydroxyl groups is 1. The number of piperidine rings is 1. The van der Waals surface area contributed by atoms with Crippen molar-refractivity contribution in [2.75, 3.05) is 19.6 Å². The zero-order valence-electron chi connectivity index (χ0n) is 11.8. The minimum absolute atomic E-state index is 0. The Morgan fingerprint density at radius 1 is 1.50 bits per heavy atom. The fourth-order valence-corrected chi connectivity index (χ4v) is 2.49. The molecule has 1 fully saturated rings. The fourth-order valence-electron chi connectivity index (χ4n) is 2.49. The number of carbonyl (C=O) groups is 1. The van der Waals surface area contributed by atoms with Gasteiger partial charge in [0.15, 0.2) is 0 Å². The van der Waals surface area contributed by atoms with Gasteiger partial charge in [-0.15, -0.1) is 12.4 Å². The first kappa shape index (κ1) is 16.8. The molecule has 0 saturated carbocycles. The first-order valence-electron chi connectivity index (χ1n) is 6.95. The molecule has 0 radical (unpaired) electrons. The second kappa shape index (κ2) is 8.12. The lowest BCUT2D eigenvalue weighted by Gasteiger charge is -2.22. The molecule has 2 rings (SSSR count). The lowest BCUT2D eigenvalue weighted by molar-refractivity contribution is 0.0948. The normalized spacial score (nSPS) is 18.1. The quantitative estimate of drug-likeness (QED) is 0.799. The predicted molar refractivity (Wildman–Crippen MR) is 82.6 cm³/mol. The van der Waals surface area contributed by atoms with Crippen LogP contribution >= 0.6 is 12.4 Å². The van der Waals surface area contributed by atoms with Crippen LogP contribution in [0.3, 0.4) is 0 Å². The number of rotatable bonds is 4. The minimum atomic E-state index is -0.190. The van der Waals surface area contributed by atoms with E-state index >= 15 is 0 Å². The van der Waals surface area contributed by atoms with Crippen LogP contribution in [0.1, 0.15) is 35.2 Å². The predicted octanol–water partition coefficient (Wildman–Crippen LogP) is 2.24. The first-order valence-corrected chi connectivity index (χ1v) is 6.95. The van der Waals surface area contributed by atoms with Crippen LogP contribution in [-0.2, 0) is 0 Å². The zero-order chi connectivity index (χ0) is 13.7. The number of hydrogen-bond acceptors (Lipinski definition) is 3. The van der Waals surface area contributed by atoms with E-state index in [2.05, 4.69) is 10.6 Å². The summed E-state index contributed by atoms with van der Waals surface area (Å²) >= 11 is 0. The van der Waals surface area contributed by atoms with Gasteiger partial charge in [-0.1, -0.05) is 11.6 Å². The second-order valence-electron chi connectivity index (χ2n) is 5.28. The van der Waals surface area contributed by atoms with Gasteiger partial charge in [-0.05, 0) is 57.3 Å². The van der Waals surface area contributed by atoms with Gasteiger partial charge in [0.25, 0.3) is 5.91 Å². The number of carbonyl (C=O) groups excluding carboxylic acids is 1. The highest BCUT2D eigenvalue weighted by Gasteiger charge is 2.14. The lowest BCUT2D eigenvalue weighted by atomic mass is 9.96. The standard InChI is InChI=1S/C15H22N2O2.ClH/c1-11-4-5-14(18)13(9-11)15(19)17-8-6-12-3-2-7-16-10-12;/h4-5,9,12,16,18H,2-3,6-8,10H2,1H3,(H,17,19);1H. The van der Waals surface area contributed by atoms with Crippen LogP contribution in [-0.4, -0.2) is 30.6 Å². The first-order chi connectivity index (χ1) is 9.16. The molecule has 1 saturated heterocycles. The van der Waals surface area contributed by atoms with Gasteiger partial charge in [0, 0.05) is 6.54 Å². The molecule has 0 bridgehead atoms. The van der Waals surface area contributed by atoms with Crippen LogP contribution < -0.4 is 10.6 Å². The highest BCUT2D eigenvalue weighted by molar-refractivity contribution is 5.96. The van der Waals surface area contributed by atoms with Gasteiger partial charge in [0.2, 0.25) is 0 Å². The number of halogens is 1. The number of phenolic OH excluding ortho intramolecular Hbond substituents is 1. The maximum absolute atomic E-state index is 12.0. The molecule has 0 aromatic heterocycles. The molecule has 1 aromatic rings. The van der Waals surface area contributed by atoms with Crippen molar-refractivity contribution in [2.24, 2.45) is 5.92 Å². The number of benzene rings is 1. The van der Waals surface area contributed by atoms with Crippen molar-refractivity contribution in [1.29, 1.82) is 0 Å². The Bertz CT molecular complexity index is 445. The average molecular weight is 299 g/mol. The number of hydrogen-bond donors (Lipinski definition) is 3. The van der Waals surface area contributed by atoms with Gasteiger partial charge in [-0.3, -0.25) is 4.79 Å². The minimum Gasteiger partial charge on any atom is -0.507 e. The summed E-state index contributed by atoms with van der Waals surface area (Å²) in [5.74, 6) is 0.507. The van der Waals surface area contributed by atoms with E-state index < -0.39 is 0 Å². The van der Waals surface area contributed by atoms with Crippen molar-refractivity contribution in [3.8, 4) is 5.75 Å². The molecule has 0 aliphatic carbocycles. The topological polar surface area (TPSA) is 61.4 Å². The van der Waals surface area contributed by atoms with E-state index in [1.807, 2.05) is 6.92 Å². The van der Waals surface area contributed by atoms with Crippen LogP contribution in [0.5, 0.6) is 5.75 Å². The van der Waals surface area contributed by atoms with Crippen LogP contribution in [0.2, 0.25) is 0 Å². The number of amides is 1. The van der Waals surface area contributed by atoms with Crippen molar-refractivity contribution >= 4 is 18.3 Å². The fraction of sp³-hybridized carbons (Fsp3) is 0.533. The van der Waals surface area contributed by atoms with Gasteiger partial charge >= 0.3 is 0 Å². The average Bonchev–Trinajstić information content (AvgIpc) is 2.42. The largest absolute Gasteiger partial charge is 0.507 e. The van der Waals surface area contributed by atoms with E-state index in [1.165, 1.54) is 12.8 Å². The van der Waals surface area contributed by atoms with Crippen molar-refractivity contribution in [1.82, 2.24) is 10.6 Å². The third-order valence-corrected chi connectivity index (χ3v) is 3.63. The van der Waals surface area contributed by atoms with Crippen molar-refractivity contribution in [3.63, 3.8) is 0 Å². The van der Waals surface area contributed by atoms with Crippen LogP contribution in [0.4, 0.5) is 0 Å². The molecule has 1 unspecified atom stereocenters. The third-order valence-electron chi connectivity index (χ3n) is 3.63. The summed E-state index contributed by atoms with van der Waals surface area (Å²) in [6, 6.07) is 5.07. The maximum Gasteiger partial charge on any atom is 0.255 e. The summed E-state index contributed by atoms with van der Waals surface area (Å²) in [6.45, 7) is 4.73. The van der Waals surface area contributed by atoms with E-state index in [-0.39, 0.29) is 24.1 Å². The molecule has 112 valence electrons. The molecule has 1 aliphatic rings. The molecule has 20 heavy (non-hydrogen) atoms. The van der Waals surface area contributed by atoms with Crippen molar-refractivity contribution in [3.05, 3.63) is 29.3 Å². The zero-order valence-corrected chi connectivity index (χ0v) is 12.6. The molecule has 0 spiro atoms. The Labute approximate surface area is 126 Å². The van der Waals surface area contributed by atoms with Crippen molar-refractivity contribution in [2.45, 2.75) is 26.2 Å². The van der Waals surface area contributed by atoms with E-state index in [9.17, 15) is 9.90 Å². The summed E-state index contributed by atoms with van der Waals surface area (Å²) in [5.41, 5.74) is 1.33. The van der Waals surface area contributed by atoms with E-state index in [1.54, 1.807) is 18.2 Å². The molecular formula is C15H23ClN2O2. The number of phenols is 1. The SMILES string of the molecule is Cc1ccc(O)c(C(=O)NCCC2CCCNC2)c1.Cl. The molecule has 1 amide bonds. The van der Waals surface area contributed by atoms with E-state index in [0.29, 0.717) is 18.0 Å². The molecule has 5 heteroatoms. The number of nitrogens with one attached hydrogen (secondary N) is 2. The Hall–Kier alpha value is -1.26. The number of aryl methyl sites for hydroxylation is 1. The van der Waals surface area contributed by atoms with E-state index in [4.69, 9.17) is 0 Å². The Morgan fingerprint density at radius 3 is 3.00 bits per heavy atom. The third kappa shape index (κ3) is 4.69. The Kier molecular flexibility index (Phi) is 6.82. The van der Waals surface area contributed by atoms with Gasteiger partial charge < -0.3 is 15.7 Å². The van der Waals surface area contributed by atoms with Crippen LogP contribution in [0.25, 0.3) is 0 Å². The smallest absolute Gasteiger partial charge is 0.255 e. The maximum atomic E-state index is 12.0. The monoisotopic (exact) mass is 298 g/mol. The molecule has 4 nitrogen and oxygen atoms in total. The van der Waals surface area contributed by atoms with Crippen molar-refractivity contribution < 1.29 is 9.90 Å². The second-order valence-corrected chi connectivity index (χ2v) is 5.28. The summed E-state index contributed by atoms with van der Waals surface area (Å²) in [4.78, 5) is 12.0. The van der Waals surface area contributed by atoms with Gasteiger partial charge in [0.1, 0.15) is 5.75 Å². The summed E-state index contributed by atoms with van der Waals surface area (Å²) in [6.07, 6.45) is 3.45.